The molecule has 2 fully saturated rings. The number of hydrogen-bond donors (Lipinski definition) is 3. The van der Waals surface area contributed by atoms with Gasteiger partial charge in [0.15, 0.2) is 5.84 Å². The van der Waals surface area contributed by atoms with Crippen LogP contribution in [-0.4, -0.2) is 60.7 Å². The third-order valence-corrected chi connectivity index (χ3v) is 4.76. The van der Waals surface area contributed by atoms with Gasteiger partial charge in [0.1, 0.15) is 5.41 Å². The molecule has 0 bridgehead atoms. The summed E-state index contributed by atoms with van der Waals surface area (Å²) in [4.78, 5) is 14.9. The van der Waals surface area contributed by atoms with E-state index < -0.39 is 5.41 Å². The highest BCUT2D eigenvalue weighted by Crippen LogP contribution is 2.31. The number of amides is 1. The fraction of sp³-hybridized carbons (Fsp3) is 0.857. The first-order valence-electron chi connectivity index (χ1n) is 7.57. The first kappa shape index (κ1) is 16.0. The van der Waals surface area contributed by atoms with Gasteiger partial charge in [0, 0.05) is 31.8 Å². The summed E-state index contributed by atoms with van der Waals surface area (Å²) in [6.45, 7) is 3.55. The van der Waals surface area contributed by atoms with Gasteiger partial charge in [-0.1, -0.05) is 5.16 Å². The zero-order valence-corrected chi connectivity index (χ0v) is 12.8. The molecule has 2 aliphatic rings. The van der Waals surface area contributed by atoms with Crippen LogP contribution in [0, 0.1) is 5.41 Å². The van der Waals surface area contributed by atoms with Crippen LogP contribution in [0.1, 0.15) is 32.6 Å². The van der Waals surface area contributed by atoms with Gasteiger partial charge in [-0.15, -0.1) is 0 Å². The monoisotopic (exact) mass is 298 g/mol. The molecule has 0 aromatic heterocycles. The second-order valence-electron chi connectivity index (χ2n) is 6.14. The zero-order valence-electron chi connectivity index (χ0n) is 12.8. The van der Waals surface area contributed by atoms with Gasteiger partial charge in [-0.05, 0) is 39.7 Å². The third kappa shape index (κ3) is 3.47. The molecule has 1 amide bonds. The van der Waals surface area contributed by atoms with Gasteiger partial charge >= 0.3 is 0 Å². The molecule has 1 unspecified atom stereocenters. The van der Waals surface area contributed by atoms with E-state index in [-0.39, 0.29) is 17.8 Å². The van der Waals surface area contributed by atoms with E-state index in [1.807, 2.05) is 0 Å². The Morgan fingerprint density at radius 2 is 2.14 bits per heavy atom. The number of carbonyl (C=O) groups excluding carboxylic acids is 1. The topological polar surface area (TPSA) is 100 Å². The summed E-state index contributed by atoms with van der Waals surface area (Å²) in [6, 6.07) is 0.920. The number of carbonyl (C=O) groups is 1. The Bertz CT molecular complexity index is 403. The van der Waals surface area contributed by atoms with Crippen LogP contribution in [0.25, 0.3) is 0 Å². The first-order chi connectivity index (χ1) is 10.0. The Labute approximate surface area is 125 Å². The van der Waals surface area contributed by atoms with Crippen molar-refractivity contribution in [2.24, 2.45) is 16.3 Å². The number of likely N-dealkylation sites (N-methyl/N-ethyl adjacent to an activating group) is 1. The summed E-state index contributed by atoms with van der Waals surface area (Å²) in [7, 11) is 2.09. The lowest BCUT2D eigenvalue weighted by molar-refractivity contribution is -0.131. The molecule has 7 nitrogen and oxygen atoms in total. The van der Waals surface area contributed by atoms with Crippen molar-refractivity contribution in [2.75, 3.05) is 26.8 Å². The molecule has 1 saturated heterocycles. The SMILES string of the molecule is CC(CNC(=O)C1(C(N)=NO)CCOCC1)N(C)C1CC1. The van der Waals surface area contributed by atoms with Crippen LogP contribution in [0.4, 0.5) is 0 Å². The van der Waals surface area contributed by atoms with E-state index in [1.54, 1.807) is 0 Å². The predicted molar refractivity (Wildman–Crippen MR) is 79.2 cm³/mol. The molecule has 4 N–H and O–H groups in total. The van der Waals surface area contributed by atoms with Crippen molar-refractivity contribution in [3.8, 4) is 0 Å². The van der Waals surface area contributed by atoms with Crippen LogP contribution in [0.3, 0.4) is 0 Å². The van der Waals surface area contributed by atoms with E-state index in [4.69, 9.17) is 15.7 Å². The van der Waals surface area contributed by atoms with E-state index in [1.165, 1.54) is 12.8 Å². The van der Waals surface area contributed by atoms with Gasteiger partial charge in [-0.25, -0.2) is 0 Å². The van der Waals surface area contributed by atoms with Crippen LogP contribution < -0.4 is 11.1 Å². The Morgan fingerprint density at radius 3 is 2.67 bits per heavy atom. The zero-order chi connectivity index (χ0) is 15.5. The summed E-state index contributed by atoms with van der Waals surface area (Å²) in [6.07, 6.45) is 3.36. The van der Waals surface area contributed by atoms with Crippen molar-refractivity contribution < 1.29 is 14.7 Å². The van der Waals surface area contributed by atoms with Gasteiger partial charge in [0.05, 0.1) is 0 Å². The number of rotatable bonds is 6. The quantitative estimate of drug-likeness (QED) is 0.280. The maximum absolute atomic E-state index is 12.6. The van der Waals surface area contributed by atoms with Crippen LogP contribution in [0.15, 0.2) is 5.16 Å². The first-order valence-corrected chi connectivity index (χ1v) is 7.57. The highest BCUT2D eigenvalue weighted by Gasteiger charge is 2.44. The maximum Gasteiger partial charge on any atom is 0.234 e. The molecular weight excluding hydrogens is 272 g/mol. The van der Waals surface area contributed by atoms with Crippen LogP contribution in [-0.2, 0) is 9.53 Å². The van der Waals surface area contributed by atoms with Gasteiger partial charge in [-0.3, -0.25) is 9.69 Å². The molecule has 1 aliphatic heterocycles. The summed E-state index contributed by atoms with van der Waals surface area (Å²) in [5.41, 5.74) is 4.84. The maximum atomic E-state index is 12.6. The second-order valence-corrected chi connectivity index (χ2v) is 6.14. The number of amidine groups is 1. The fourth-order valence-corrected chi connectivity index (χ4v) is 2.81. The van der Waals surface area contributed by atoms with Crippen molar-refractivity contribution >= 4 is 11.7 Å². The van der Waals surface area contributed by atoms with Crippen molar-refractivity contribution in [1.82, 2.24) is 10.2 Å². The number of hydrogen-bond acceptors (Lipinski definition) is 5. The molecule has 0 aromatic carbocycles. The summed E-state index contributed by atoms with van der Waals surface area (Å²) in [5, 5.41) is 15.0. The van der Waals surface area contributed by atoms with Crippen LogP contribution in [0.5, 0.6) is 0 Å². The average Bonchev–Trinajstić information content (AvgIpc) is 3.36. The van der Waals surface area contributed by atoms with E-state index >= 15 is 0 Å². The normalized spacial score (nSPS) is 23.9. The van der Waals surface area contributed by atoms with Crippen molar-refractivity contribution in [3.63, 3.8) is 0 Å². The smallest absolute Gasteiger partial charge is 0.234 e. The minimum absolute atomic E-state index is 0.0218. The molecule has 2 rings (SSSR count). The van der Waals surface area contributed by atoms with Gasteiger partial charge < -0.3 is 21.0 Å². The summed E-state index contributed by atoms with van der Waals surface area (Å²) in [5.74, 6) is -0.191. The molecule has 120 valence electrons. The molecule has 1 saturated carbocycles. The van der Waals surface area contributed by atoms with Gasteiger partial charge in [-0.2, -0.15) is 0 Å². The molecular formula is C14H26N4O3. The number of ether oxygens (including phenoxy) is 1. The molecule has 7 heteroatoms. The van der Waals surface area contributed by atoms with E-state index in [2.05, 4.69) is 29.3 Å². The minimum Gasteiger partial charge on any atom is -0.409 e. The number of oxime groups is 1. The van der Waals surface area contributed by atoms with Crippen molar-refractivity contribution in [1.29, 1.82) is 0 Å². The Hall–Kier alpha value is -1.34. The van der Waals surface area contributed by atoms with E-state index in [9.17, 15) is 4.79 Å². The number of nitrogens with zero attached hydrogens (tertiary/aromatic N) is 2. The molecule has 0 aromatic rings. The highest BCUT2D eigenvalue weighted by molar-refractivity contribution is 6.06. The summed E-state index contributed by atoms with van der Waals surface area (Å²) >= 11 is 0. The van der Waals surface area contributed by atoms with Crippen molar-refractivity contribution in [2.45, 2.75) is 44.7 Å². The average molecular weight is 298 g/mol. The molecule has 1 atom stereocenters. The fourth-order valence-electron chi connectivity index (χ4n) is 2.81. The predicted octanol–water partition coefficient (Wildman–Crippen LogP) is 0.129. The summed E-state index contributed by atoms with van der Waals surface area (Å²) < 4.78 is 5.29. The van der Waals surface area contributed by atoms with Crippen molar-refractivity contribution in [3.05, 3.63) is 0 Å². The molecule has 0 radical (unpaired) electrons. The molecule has 1 heterocycles. The van der Waals surface area contributed by atoms with E-state index in [0.29, 0.717) is 38.6 Å². The molecule has 0 spiro atoms. The van der Waals surface area contributed by atoms with E-state index in [0.717, 1.165) is 0 Å². The molecule has 21 heavy (non-hydrogen) atoms. The van der Waals surface area contributed by atoms with Crippen LogP contribution >= 0.6 is 0 Å². The Kier molecular flexibility index (Phi) is 5.05. The van der Waals surface area contributed by atoms with Gasteiger partial charge in [0.2, 0.25) is 5.91 Å². The second kappa shape index (κ2) is 6.62. The standard InChI is InChI=1S/C14H26N4O3/c1-10(18(2)11-3-4-11)9-16-13(19)14(12(15)17-20)5-7-21-8-6-14/h10-11,20H,3-9H2,1-2H3,(H2,15,17)(H,16,19). The highest BCUT2D eigenvalue weighted by atomic mass is 16.5. The lowest BCUT2D eigenvalue weighted by atomic mass is 9.78. The Balaban J connectivity index is 1.95. The largest absolute Gasteiger partial charge is 0.409 e. The molecule has 1 aliphatic carbocycles. The Morgan fingerprint density at radius 1 is 1.52 bits per heavy atom. The van der Waals surface area contributed by atoms with Crippen LogP contribution in [0.2, 0.25) is 0 Å². The lowest BCUT2D eigenvalue weighted by Crippen LogP contribution is -2.54. The lowest BCUT2D eigenvalue weighted by Gasteiger charge is -2.35. The number of nitrogens with two attached hydrogens (primary N) is 1. The minimum atomic E-state index is -0.940. The number of nitrogens with one attached hydrogen (secondary N) is 1. The third-order valence-electron chi connectivity index (χ3n) is 4.76. The van der Waals surface area contributed by atoms with Gasteiger partial charge in [0.25, 0.3) is 0 Å².